The third-order valence-corrected chi connectivity index (χ3v) is 8.20. The fourth-order valence-electron chi connectivity index (χ4n) is 2.61. The van der Waals surface area contributed by atoms with Gasteiger partial charge in [0.25, 0.3) is 0 Å². The van der Waals surface area contributed by atoms with Crippen LogP contribution >= 0.6 is 23.1 Å². The molecule has 1 heterocycles. The van der Waals surface area contributed by atoms with Gasteiger partial charge in [-0.15, -0.1) is 11.8 Å². The van der Waals surface area contributed by atoms with E-state index in [1.807, 2.05) is 44.3 Å². The van der Waals surface area contributed by atoms with Crippen LogP contribution in [0.3, 0.4) is 0 Å². The lowest BCUT2D eigenvalue weighted by Crippen LogP contribution is -2.38. The molecule has 0 fully saturated rings. The summed E-state index contributed by atoms with van der Waals surface area (Å²) >= 11 is 2.51. The topological polar surface area (TPSA) is 119 Å². The maximum atomic E-state index is 11.6. The standard InChI is InChI=1S/C18H26N4O4S3/c1-12(2)21(4)16(27-14-8-6-5-7-9-14)10-13(3)20-18-15(22(23)24)11-17(28-18)29(19,25)26/h5-9,11-13,16,20H,10H2,1-4H3,(H2,19,25,26). The van der Waals surface area contributed by atoms with Gasteiger partial charge in [0.1, 0.15) is 4.21 Å². The van der Waals surface area contributed by atoms with Crippen molar-refractivity contribution in [3.05, 3.63) is 46.5 Å². The van der Waals surface area contributed by atoms with Crippen LogP contribution < -0.4 is 10.5 Å². The molecule has 0 spiro atoms. The largest absolute Gasteiger partial charge is 0.369 e. The van der Waals surface area contributed by atoms with Gasteiger partial charge in [-0.1, -0.05) is 29.5 Å². The second kappa shape index (κ2) is 9.90. The Hall–Kier alpha value is -1.66. The summed E-state index contributed by atoms with van der Waals surface area (Å²) in [7, 11) is -1.95. The van der Waals surface area contributed by atoms with E-state index in [9.17, 15) is 18.5 Å². The molecule has 1 aromatic heterocycles. The predicted octanol–water partition coefficient (Wildman–Crippen LogP) is 3.95. The first kappa shape index (κ1) is 23.6. The zero-order chi connectivity index (χ0) is 21.8. The van der Waals surface area contributed by atoms with Crippen molar-refractivity contribution in [2.45, 2.75) is 53.8 Å². The van der Waals surface area contributed by atoms with E-state index < -0.39 is 14.9 Å². The maximum absolute atomic E-state index is 11.6. The van der Waals surface area contributed by atoms with Gasteiger partial charge in [0.2, 0.25) is 10.0 Å². The van der Waals surface area contributed by atoms with Crippen molar-refractivity contribution >= 4 is 43.8 Å². The number of anilines is 1. The van der Waals surface area contributed by atoms with Crippen LogP contribution in [0.2, 0.25) is 0 Å². The highest BCUT2D eigenvalue weighted by Crippen LogP contribution is 2.38. The number of benzene rings is 1. The first-order valence-electron chi connectivity index (χ1n) is 9.00. The summed E-state index contributed by atoms with van der Waals surface area (Å²) in [6.07, 6.45) is 0.688. The molecule has 29 heavy (non-hydrogen) atoms. The lowest BCUT2D eigenvalue weighted by Gasteiger charge is -2.33. The van der Waals surface area contributed by atoms with E-state index in [1.54, 1.807) is 11.8 Å². The number of nitrogens with one attached hydrogen (secondary N) is 1. The molecule has 0 aliphatic carbocycles. The molecule has 2 aromatic rings. The van der Waals surface area contributed by atoms with Gasteiger partial charge < -0.3 is 5.32 Å². The lowest BCUT2D eigenvalue weighted by atomic mass is 10.2. The molecule has 0 aliphatic rings. The highest BCUT2D eigenvalue weighted by molar-refractivity contribution is 7.99. The minimum atomic E-state index is -4.00. The molecule has 0 aliphatic heterocycles. The van der Waals surface area contributed by atoms with Gasteiger partial charge >= 0.3 is 5.69 Å². The zero-order valence-electron chi connectivity index (χ0n) is 16.7. The molecule has 0 saturated heterocycles. The first-order chi connectivity index (χ1) is 13.5. The average Bonchev–Trinajstić information content (AvgIpc) is 3.05. The Morgan fingerprint density at radius 3 is 2.41 bits per heavy atom. The van der Waals surface area contributed by atoms with Gasteiger partial charge in [0.15, 0.2) is 5.00 Å². The molecule has 1 aromatic carbocycles. The van der Waals surface area contributed by atoms with Crippen molar-refractivity contribution in [3.63, 3.8) is 0 Å². The average molecular weight is 459 g/mol. The molecule has 3 N–H and O–H groups in total. The molecule has 2 unspecified atom stereocenters. The number of sulfonamides is 1. The number of nitrogens with two attached hydrogens (primary N) is 1. The summed E-state index contributed by atoms with van der Waals surface area (Å²) in [4.78, 5) is 14.1. The molecule has 160 valence electrons. The van der Waals surface area contributed by atoms with Crippen LogP contribution in [0.1, 0.15) is 27.2 Å². The van der Waals surface area contributed by atoms with Crippen LogP contribution in [0.4, 0.5) is 10.7 Å². The number of rotatable bonds is 10. The van der Waals surface area contributed by atoms with Crippen molar-refractivity contribution in [2.24, 2.45) is 5.14 Å². The van der Waals surface area contributed by atoms with Crippen molar-refractivity contribution in [1.82, 2.24) is 4.90 Å². The van der Waals surface area contributed by atoms with Gasteiger partial charge in [-0.2, -0.15) is 0 Å². The number of nitrogens with zero attached hydrogens (tertiary/aromatic N) is 2. The molecule has 8 nitrogen and oxygen atoms in total. The Morgan fingerprint density at radius 2 is 1.90 bits per heavy atom. The zero-order valence-corrected chi connectivity index (χ0v) is 19.2. The molecule has 0 bridgehead atoms. The van der Waals surface area contributed by atoms with E-state index in [2.05, 4.69) is 24.1 Å². The number of primary sulfonamides is 1. The van der Waals surface area contributed by atoms with Crippen LogP contribution in [0.25, 0.3) is 0 Å². The smallest absolute Gasteiger partial charge is 0.304 e. The summed E-state index contributed by atoms with van der Waals surface area (Å²) in [5, 5.41) is 19.9. The molecule has 2 atom stereocenters. The van der Waals surface area contributed by atoms with Crippen LogP contribution in [-0.2, 0) is 10.0 Å². The first-order valence-corrected chi connectivity index (χ1v) is 12.2. The second-order valence-electron chi connectivity index (χ2n) is 7.01. The number of thiophene rings is 1. The van der Waals surface area contributed by atoms with Crippen molar-refractivity contribution < 1.29 is 13.3 Å². The quantitative estimate of drug-likeness (QED) is 0.239. The third kappa shape index (κ3) is 6.68. The molecule has 0 amide bonds. The Balaban J connectivity index is 2.20. The Bertz CT molecular complexity index is 932. The molecule has 0 saturated carbocycles. The highest BCUT2D eigenvalue weighted by atomic mass is 32.2. The van der Waals surface area contributed by atoms with Gasteiger partial charge in [-0.05, 0) is 46.4 Å². The van der Waals surface area contributed by atoms with Crippen LogP contribution in [0.5, 0.6) is 0 Å². The summed E-state index contributed by atoms with van der Waals surface area (Å²) in [6, 6.07) is 11.2. The van der Waals surface area contributed by atoms with Crippen LogP contribution in [0, 0.1) is 10.1 Å². The Labute approximate surface area is 179 Å². The van der Waals surface area contributed by atoms with Crippen molar-refractivity contribution in [2.75, 3.05) is 12.4 Å². The van der Waals surface area contributed by atoms with Gasteiger partial charge in [-0.3, -0.25) is 15.0 Å². The SMILES string of the molecule is CC(CC(Sc1ccccc1)N(C)C(C)C)Nc1sc(S(N)(=O)=O)cc1[N+](=O)[O-]. The summed E-state index contributed by atoms with van der Waals surface area (Å²) in [5.74, 6) is 0. The van der Waals surface area contributed by atoms with E-state index in [-0.39, 0.29) is 26.3 Å². The lowest BCUT2D eigenvalue weighted by molar-refractivity contribution is -0.383. The highest BCUT2D eigenvalue weighted by Gasteiger charge is 2.27. The fraction of sp³-hybridized carbons (Fsp3) is 0.444. The van der Waals surface area contributed by atoms with Gasteiger partial charge in [-0.25, -0.2) is 13.6 Å². The predicted molar refractivity (Wildman–Crippen MR) is 119 cm³/mol. The van der Waals surface area contributed by atoms with Crippen molar-refractivity contribution in [1.29, 1.82) is 0 Å². The van der Waals surface area contributed by atoms with E-state index >= 15 is 0 Å². The molecule has 2 rings (SSSR count). The minimum Gasteiger partial charge on any atom is -0.369 e. The number of hydrogen-bond acceptors (Lipinski definition) is 8. The molecular weight excluding hydrogens is 432 g/mol. The van der Waals surface area contributed by atoms with Crippen molar-refractivity contribution in [3.8, 4) is 0 Å². The number of hydrogen-bond donors (Lipinski definition) is 2. The number of nitro groups is 1. The number of thioether (sulfide) groups is 1. The molecule has 11 heteroatoms. The Morgan fingerprint density at radius 1 is 1.28 bits per heavy atom. The van der Waals surface area contributed by atoms with Gasteiger partial charge in [0, 0.05) is 23.0 Å². The Kier molecular flexibility index (Phi) is 8.06. The van der Waals surface area contributed by atoms with E-state index in [0.29, 0.717) is 12.5 Å². The van der Waals surface area contributed by atoms with Crippen LogP contribution in [0.15, 0.2) is 45.5 Å². The monoisotopic (exact) mass is 458 g/mol. The second-order valence-corrected chi connectivity index (χ2v) is 11.1. The fourth-order valence-corrected chi connectivity index (χ4v) is 5.89. The minimum absolute atomic E-state index is 0.122. The van der Waals surface area contributed by atoms with Gasteiger partial charge in [0.05, 0.1) is 10.3 Å². The normalized spacial score (nSPS) is 14.2. The maximum Gasteiger partial charge on any atom is 0.304 e. The van der Waals surface area contributed by atoms with E-state index in [1.165, 1.54) is 0 Å². The van der Waals surface area contributed by atoms with E-state index in [4.69, 9.17) is 5.14 Å². The van der Waals surface area contributed by atoms with Crippen LogP contribution in [-0.4, -0.2) is 42.7 Å². The molecule has 0 radical (unpaired) electrons. The summed E-state index contributed by atoms with van der Waals surface area (Å²) in [6.45, 7) is 6.14. The summed E-state index contributed by atoms with van der Waals surface area (Å²) < 4.78 is 22.9. The van der Waals surface area contributed by atoms with E-state index in [0.717, 1.165) is 22.3 Å². The third-order valence-electron chi connectivity index (χ3n) is 4.38. The summed E-state index contributed by atoms with van der Waals surface area (Å²) in [5.41, 5.74) is -0.282. The molecular formula is C18H26N4O4S3.